The van der Waals surface area contributed by atoms with Crippen molar-refractivity contribution >= 4 is 22.6 Å². The predicted octanol–water partition coefficient (Wildman–Crippen LogP) is 4.32. The second kappa shape index (κ2) is 6.02. The van der Waals surface area contributed by atoms with Crippen LogP contribution in [0.1, 0.15) is 18.1 Å². The van der Waals surface area contributed by atoms with Crippen LogP contribution < -0.4 is 5.32 Å². The summed E-state index contributed by atoms with van der Waals surface area (Å²) < 4.78 is 18.3. The molecule has 4 heteroatoms. The molecular formula is C18H16FNO2. The van der Waals surface area contributed by atoms with Crippen LogP contribution in [0, 0.1) is 5.82 Å². The summed E-state index contributed by atoms with van der Waals surface area (Å²) in [4.78, 5) is 12.1. The van der Waals surface area contributed by atoms with Gasteiger partial charge in [0.25, 0.3) is 0 Å². The Hall–Kier alpha value is -2.62. The third-order valence-electron chi connectivity index (χ3n) is 3.61. The summed E-state index contributed by atoms with van der Waals surface area (Å²) in [5, 5.41) is 3.72. The molecule has 0 saturated carbocycles. The van der Waals surface area contributed by atoms with Crippen LogP contribution in [-0.4, -0.2) is 5.91 Å². The molecule has 0 aliphatic carbocycles. The van der Waals surface area contributed by atoms with E-state index in [9.17, 15) is 9.18 Å². The molecule has 0 aliphatic rings. The predicted molar refractivity (Wildman–Crippen MR) is 84.3 cm³/mol. The first-order chi connectivity index (χ1) is 10.7. The number of rotatable bonds is 4. The van der Waals surface area contributed by atoms with Crippen LogP contribution in [0.3, 0.4) is 0 Å². The number of aryl methyl sites for hydroxylation is 1. The van der Waals surface area contributed by atoms with Crippen molar-refractivity contribution < 1.29 is 13.6 Å². The summed E-state index contributed by atoms with van der Waals surface area (Å²) in [6.45, 7) is 2.09. The fourth-order valence-corrected chi connectivity index (χ4v) is 2.40. The molecule has 1 N–H and O–H groups in total. The van der Waals surface area contributed by atoms with Crippen molar-refractivity contribution in [1.82, 2.24) is 0 Å². The molecule has 1 heterocycles. The number of nitrogens with one attached hydrogen (secondary N) is 1. The van der Waals surface area contributed by atoms with Crippen molar-refractivity contribution in [2.24, 2.45) is 0 Å². The minimum Gasteiger partial charge on any atom is -0.464 e. The molecule has 3 aromatic rings. The number of hydrogen-bond acceptors (Lipinski definition) is 2. The summed E-state index contributed by atoms with van der Waals surface area (Å²) in [6.07, 6.45) is 2.77. The number of fused-ring (bicyclic) bond motifs is 1. The fourth-order valence-electron chi connectivity index (χ4n) is 2.40. The zero-order chi connectivity index (χ0) is 15.5. The number of amides is 1. The van der Waals surface area contributed by atoms with Gasteiger partial charge in [-0.25, -0.2) is 4.39 Å². The number of benzene rings is 2. The summed E-state index contributed by atoms with van der Waals surface area (Å²) in [5.74, 6) is -0.484. The Morgan fingerprint density at radius 2 is 1.95 bits per heavy atom. The van der Waals surface area contributed by atoms with Crippen molar-refractivity contribution in [3.63, 3.8) is 0 Å². The molecule has 0 unspecified atom stereocenters. The van der Waals surface area contributed by atoms with Crippen LogP contribution in [0.25, 0.3) is 11.0 Å². The first-order valence-corrected chi connectivity index (χ1v) is 7.20. The van der Waals surface area contributed by atoms with E-state index in [2.05, 4.69) is 18.3 Å². The molecule has 0 radical (unpaired) electrons. The largest absolute Gasteiger partial charge is 0.464 e. The van der Waals surface area contributed by atoms with E-state index in [4.69, 9.17) is 4.42 Å². The first-order valence-electron chi connectivity index (χ1n) is 7.20. The highest BCUT2D eigenvalue weighted by Gasteiger charge is 2.11. The van der Waals surface area contributed by atoms with Crippen LogP contribution >= 0.6 is 0 Å². The van der Waals surface area contributed by atoms with E-state index in [0.717, 1.165) is 23.0 Å². The van der Waals surface area contributed by atoms with Gasteiger partial charge in [0.1, 0.15) is 11.4 Å². The number of hydrogen-bond donors (Lipinski definition) is 1. The van der Waals surface area contributed by atoms with Gasteiger partial charge in [0.2, 0.25) is 5.91 Å². The van der Waals surface area contributed by atoms with E-state index in [0.29, 0.717) is 5.69 Å². The lowest BCUT2D eigenvalue weighted by molar-refractivity contribution is -0.115. The molecule has 0 aliphatic heterocycles. The zero-order valence-corrected chi connectivity index (χ0v) is 12.2. The van der Waals surface area contributed by atoms with E-state index >= 15 is 0 Å². The Bertz CT molecular complexity index is 806. The van der Waals surface area contributed by atoms with Crippen molar-refractivity contribution in [3.8, 4) is 0 Å². The number of carbonyl (C=O) groups excluding carboxylic acids is 1. The van der Waals surface area contributed by atoms with Gasteiger partial charge in [-0.3, -0.25) is 4.79 Å². The molecular weight excluding hydrogens is 281 g/mol. The standard InChI is InChI=1S/C18H16FNO2/c1-2-12-3-8-17-16(9-12)13(11-22-17)10-18(21)20-15-6-4-14(19)5-7-15/h3-9,11H,2,10H2,1H3,(H,20,21). The maximum absolute atomic E-state index is 12.9. The van der Waals surface area contributed by atoms with Gasteiger partial charge >= 0.3 is 0 Å². The lowest BCUT2D eigenvalue weighted by Gasteiger charge is -2.04. The maximum Gasteiger partial charge on any atom is 0.228 e. The average Bonchev–Trinajstić information content (AvgIpc) is 2.91. The third-order valence-corrected chi connectivity index (χ3v) is 3.61. The molecule has 2 aromatic carbocycles. The number of halogens is 1. The van der Waals surface area contributed by atoms with Gasteiger partial charge < -0.3 is 9.73 Å². The van der Waals surface area contributed by atoms with Crippen LogP contribution in [0.4, 0.5) is 10.1 Å². The lowest BCUT2D eigenvalue weighted by Crippen LogP contribution is -2.14. The Labute approximate surface area is 127 Å². The van der Waals surface area contributed by atoms with Gasteiger partial charge in [-0.2, -0.15) is 0 Å². The monoisotopic (exact) mass is 297 g/mol. The highest BCUT2D eigenvalue weighted by atomic mass is 19.1. The highest BCUT2D eigenvalue weighted by molar-refractivity contribution is 5.95. The Kier molecular flexibility index (Phi) is 3.92. The fraction of sp³-hybridized carbons (Fsp3) is 0.167. The van der Waals surface area contributed by atoms with E-state index in [-0.39, 0.29) is 18.1 Å². The highest BCUT2D eigenvalue weighted by Crippen LogP contribution is 2.23. The Morgan fingerprint density at radius 1 is 1.18 bits per heavy atom. The molecule has 112 valence electrons. The van der Waals surface area contributed by atoms with Crippen molar-refractivity contribution in [3.05, 3.63) is 65.7 Å². The van der Waals surface area contributed by atoms with E-state index in [1.54, 1.807) is 6.26 Å². The molecule has 0 fully saturated rings. The smallest absolute Gasteiger partial charge is 0.228 e. The molecule has 0 atom stereocenters. The van der Waals surface area contributed by atoms with Crippen LogP contribution in [0.5, 0.6) is 0 Å². The quantitative estimate of drug-likeness (QED) is 0.779. The summed E-state index contributed by atoms with van der Waals surface area (Å²) in [6, 6.07) is 11.7. The Balaban J connectivity index is 1.77. The van der Waals surface area contributed by atoms with Gasteiger partial charge in [0.05, 0.1) is 12.7 Å². The van der Waals surface area contributed by atoms with Gasteiger partial charge in [0, 0.05) is 16.6 Å². The van der Waals surface area contributed by atoms with Crippen molar-refractivity contribution in [1.29, 1.82) is 0 Å². The van der Waals surface area contributed by atoms with E-state index in [1.165, 1.54) is 29.8 Å². The second-order valence-electron chi connectivity index (χ2n) is 5.18. The van der Waals surface area contributed by atoms with Crippen molar-refractivity contribution in [2.75, 3.05) is 5.32 Å². The van der Waals surface area contributed by atoms with E-state index < -0.39 is 0 Å². The van der Waals surface area contributed by atoms with Crippen LogP contribution in [-0.2, 0) is 17.6 Å². The molecule has 22 heavy (non-hydrogen) atoms. The van der Waals surface area contributed by atoms with Gasteiger partial charge in [-0.1, -0.05) is 13.0 Å². The molecule has 3 rings (SSSR count). The molecule has 0 saturated heterocycles. The summed E-state index contributed by atoms with van der Waals surface area (Å²) in [7, 11) is 0. The van der Waals surface area contributed by atoms with Gasteiger partial charge in [-0.15, -0.1) is 0 Å². The van der Waals surface area contributed by atoms with E-state index in [1.807, 2.05) is 12.1 Å². The van der Waals surface area contributed by atoms with Gasteiger partial charge in [-0.05, 0) is 48.4 Å². The second-order valence-corrected chi connectivity index (χ2v) is 5.18. The Morgan fingerprint density at radius 3 is 2.68 bits per heavy atom. The summed E-state index contributed by atoms with van der Waals surface area (Å²) in [5.41, 5.74) is 3.41. The first kappa shape index (κ1) is 14.3. The number of furan rings is 1. The molecule has 0 bridgehead atoms. The molecule has 3 nitrogen and oxygen atoms in total. The number of anilines is 1. The minimum absolute atomic E-state index is 0.156. The maximum atomic E-state index is 12.9. The zero-order valence-electron chi connectivity index (χ0n) is 12.2. The molecule has 1 amide bonds. The topological polar surface area (TPSA) is 42.2 Å². The van der Waals surface area contributed by atoms with Crippen molar-refractivity contribution in [2.45, 2.75) is 19.8 Å². The van der Waals surface area contributed by atoms with Gasteiger partial charge in [0.15, 0.2) is 0 Å². The normalized spacial score (nSPS) is 10.8. The minimum atomic E-state index is -0.328. The SMILES string of the molecule is CCc1ccc2occ(CC(=O)Nc3ccc(F)cc3)c2c1. The summed E-state index contributed by atoms with van der Waals surface area (Å²) >= 11 is 0. The average molecular weight is 297 g/mol. The van der Waals surface area contributed by atoms with Crippen LogP contribution in [0.2, 0.25) is 0 Å². The third kappa shape index (κ3) is 3.01. The molecule has 0 spiro atoms. The molecule has 1 aromatic heterocycles. The number of carbonyl (C=O) groups is 1. The lowest BCUT2D eigenvalue weighted by atomic mass is 10.1. The van der Waals surface area contributed by atoms with Crippen LogP contribution in [0.15, 0.2) is 53.1 Å².